The van der Waals surface area contributed by atoms with Crippen LogP contribution in [0.15, 0.2) is 18.2 Å². The molecule has 1 unspecified atom stereocenters. The number of para-hydroxylation sites is 1. The van der Waals surface area contributed by atoms with Crippen LogP contribution in [0.1, 0.15) is 37.8 Å². The number of nitrogens with zero attached hydrogens (tertiary/aromatic N) is 1. The maximum Gasteiger partial charge on any atom is 0.313 e. The number of rotatable bonds is 2. The Bertz CT molecular complexity index is 540. The molecule has 1 fully saturated rings. The summed E-state index contributed by atoms with van der Waals surface area (Å²) in [7, 11) is 0. The van der Waals surface area contributed by atoms with Gasteiger partial charge < -0.3 is 10.2 Å². The minimum Gasteiger partial charge on any atom is -0.334 e. The maximum absolute atomic E-state index is 12.3. The van der Waals surface area contributed by atoms with Gasteiger partial charge in [0.1, 0.15) is 0 Å². The first-order valence-electron chi connectivity index (χ1n) is 7.71. The first-order valence-corrected chi connectivity index (χ1v) is 7.71. The topological polar surface area (TPSA) is 49.4 Å². The summed E-state index contributed by atoms with van der Waals surface area (Å²) in [5.74, 6) is -0.458. The van der Waals surface area contributed by atoms with Gasteiger partial charge in [-0.1, -0.05) is 32.0 Å². The predicted molar refractivity (Wildman–Crippen MR) is 84.2 cm³/mol. The molecule has 1 aromatic rings. The molecule has 21 heavy (non-hydrogen) atoms. The van der Waals surface area contributed by atoms with E-state index in [0.29, 0.717) is 19.0 Å². The standard InChI is InChI=1S/C17H24N2O2/c1-4-14-9-5-8-13(3)15(14)18-16(20)17(21)19-10-6-7-12(2)11-19/h5,8-9,12H,4,6-7,10-11H2,1-3H3,(H,18,20). The minimum atomic E-state index is -0.520. The van der Waals surface area contributed by atoms with E-state index in [2.05, 4.69) is 12.2 Å². The van der Waals surface area contributed by atoms with Crippen LogP contribution in [0.25, 0.3) is 0 Å². The zero-order valence-corrected chi connectivity index (χ0v) is 13.1. The van der Waals surface area contributed by atoms with Crippen molar-refractivity contribution >= 4 is 17.5 Å². The lowest BCUT2D eigenvalue weighted by Gasteiger charge is -2.30. The first-order chi connectivity index (χ1) is 10.0. The molecule has 1 N–H and O–H groups in total. The number of amides is 2. The molecule has 114 valence electrons. The van der Waals surface area contributed by atoms with Gasteiger partial charge in [0.2, 0.25) is 0 Å². The van der Waals surface area contributed by atoms with E-state index in [9.17, 15) is 9.59 Å². The maximum atomic E-state index is 12.3. The Balaban J connectivity index is 2.09. The van der Waals surface area contributed by atoms with Crippen LogP contribution in [0.2, 0.25) is 0 Å². The number of aryl methyl sites for hydroxylation is 2. The Morgan fingerprint density at radius 1 is 1.38 bits per heavy atom. The predicted octanol–water partition coefficient (Wildman–Crippen LogP) is 2.75. The highest BCUT2D eigenvalue weighted by molar-refractivity contribution is 6.39. The Labute approximate surface area is 126 Å². The van der Waals surface area contributed by atoms with Gasteiger partial charge in [-0.2, -0.15) is 0 Å². The van der Waals surface area contributed by atoms with E-state index in [0.717, 1.165) is 36.1 Å². The fourth-order valence-electron chi connectivity index (χ4n) is 2.89. The van der Waals surface area contributed by atoms with E-state index < -0.39 is 11.8 Å². The number of hydrogen-bond donors (Lipinski definition) is 1. The molecule has 0 radical (unpaired) electrons. The van der Waals surface area contributed by atoms with Gasteiger partial charge in [-0.05, 0) is 43.2 Å². The van der Waals surface area contributed by atoms with Crippen molar-refractivity contribution < 1.29 is 9.59 Å². The molecule has 1 atom stereocenters. The van der Waals surface area contributed by atoms with Crippen LogP contribution in [0.4, 0.5) is 5.69 Å². The zero-order valence-electron chi connectivity index (χ0n) is 13.1. The molecule has 1 saturated heterocycles. The molecule has 0 aliphatic carbocycles. The van der Waals surface area contributed by atoms with Crippen molar-refractivity contribution in [3.63, 3.8) is 0 Å². The van der Waals surface area contributed by atoms with E-state index >= 15 is 0 Å². The Morgan fingerprint density at radius 3 is 2.81 bits per heavy atom. The lowest BCUT2D eigenvalue weighted by Crippen LogP contribution is -2.44. The molecule has 2 amide bonds. The quantitative estimate of drug-likeness (QED) is 0.851. The van der Waals surface area contributed by atoms with Crippen LogP contribution >= 0.6 is 0 Å². The fraction of sp³-hybridized carbons (Fsp3) is 0.529. The van der Waals surface area contributed by atoms with E-state index in [1.807, 2.05) is 32.0 Å². The molecule has 0 spiro atoms. The molecule has 1 aliphatic rings. The normalized spacial score (nSPS) is 18.4. The van der Waals surface area contributed by atoms with Gasteiger partial charge in [-0.3, -0.25) is 9.59 Å². The molecule has 2 rings (SSSR count). The number of nitrogens with one attached hydrogen (secondary N) is 1. The summed E-state index contributed by atoms with van der Waals surface area (Å²) in [6, 6.07) is 5.90. The van der Waals surface area contributed by atoms with E-state index in [-0.39, 0.29) is 0 Å². The van der Waals surface area contributed by atoms with Gasteiger partial charge in [0.05, 0.1) is 0 Å². The molecule has 0 saturated carbocycles. The van der Waals surface area contributed by atoms with Crippen LogP contribution in [-0.2, 0) is 16.0 Å². The van der Waals surface area contributed by atoms with Gasteiger partial charge in [0, 0.05) is 18.8 Å². The zero-order chi connectivity index (χ0) is 15.4. The summed E-state index contributed by atoms with van der Waals surface area (Å²) in [6.07, 6.45) is 2.93. The number of carbonyl (C=O) groups excluding carboxylic acids is 2. The Hall–Kier alpha value is -1.84. The molecule has 1 aliphatic heterocycles. The van der Waals surface area contributed by atoms with Gasteiger partial charge in [0.25, 0.3) is 0 Å². The second-order valence-corrected chi connectivity index (χ2v) is 5.92. The Morgan fingerprint density at radius 2 is 2.14 bits per heavy atom. The highest BCUT2D eigenvalue weighted by Gasteiger charge is 2.26. The summed E-state index contributed by atoms with van der Waals surface area (Å²) in [5.41, 5.74) is 2.83. The largest absolute Gasteiger partial charge is 0.334 e. The Kier molecular flexibility index (Phi) is 4.99. The summed E-state index contributed by atoms with van der Waals surface area (Å²) < 4.78 is 0. The average Bonchev–Trinajstić information content (AvgIpc) is 2.48. The van der Waals surface area contributed by atoms with Crippen molar-refractivity contribution in [1.82, 2.24) is 4.90 Å². The number of benzene rings is 1. The third-order valence-corrected chi connectivity index (χ3v) is 4.12. The van der Waals surface area contributed by atoms with E-state index in [1.165, 1.54) is 0 Å². The van der Waals surface area contributed by atoms with Gasteiger partial charge in [0.15, 0.2) is 0 Å². The smallest absolute Gasteiger partial charge is 0.313 e. The van der Waals surface area contributed by atoms with Gasteiger partial charge in [-0.15, -0.1) is 0 Å². The van der Waals surface area contributed by atoms with Crippen molar-refractivity contribution in [2.24, 2.45) is 5.92 Å². The average molecular weight is 288 g/mol. The second kappa shape index (κ2) is 6.74. The summed E-state index contributed by atoms with van der Waals surface area (Å²) in [5, 5.41) is 2.81. The molecule has 0 aromatic heterocycles. The SMILES string of the molecule is CCc1cccc(C)c1NC(=O)C(=O)N1CCCC(C)C1. The van der Waals surface area contributed by atoms with Crippen molar-refractivity contribution in [1.29, 1.82) is 0 Å². The molecular formula is C17H24N2O2. The monoisotopic (exact) mass is 288 g/mol. The third kappa shape index (κ3) is 3.63. The van der Waals surface area contributed by atoms with Crippen LogP contribution in [0.5, 0.6) is 0 Å². The number of hydrogen-bond acceptors (Lipinski definition) is 2. The lowest BCUT2D eigenvalue weighted by molar-refractivity contribution is -0.144. The van der Waals surface area contributed by atoms with E-state index in [1.54, 1.807) is 4.90 Å². The molecular weight excluding hydrogens is 264 g/mol. The van der Waals surface area contributed by atoms with Crippen LogP contribution < -0.4 is 5.32 Å². The van der Waals surface area contributed by atoms with E-state index in [4.69, 9.17) is 0 Å². The second-order valence-electron chi connectivity index (χ2n) is 5.92. The molecule has 1 aromatic carbocycles. The summed E-state index contributed by atoms with van der Waals surface area (Å²) in [4.78, 5) is 26.2. The van der Waals surface area contributed by atoms with Gasteiger partial charge >= 0.3 is 11.8 Å². The molecule has 4 heteroatoms. The number of anilines is 1. The van der Waals surface area contributed by atoms with Gasteiger partial charge in [-0.25, -0.2) is 0 Å². The fourth-order valence-corrected chi connectivity index (χ4v) is 2.89. The highest BCUT2D eigenvalue weighted by atomic mass is 16.2. The van der Waals surface area contributed by atoms with Crippen LogP contribution in [-0.4, -0.2) is 29.8 Å². The molecule has 0 bridgehead atoms. The van der Waals surface area contributed by atoms with Crippen LogP contribution in [0.3, 0.4) is 0 Å². The minimum absolute atomic E-state index is 0.410. The highest BCUT2D eigenvalue weighted by Crippen LogP contribution is 2.21. The molecule has 4 nitrogen and oxygen atoms in total. The van der Waals surface area contributed by atoms with Crippen molar-refractivity contribution in [2.75, 3.05) is 18.4 Å². The van der Waals surface area contributed by atoms with Crippen molar-refractivity contribution in [3.8, 4) is 0 Å². The van der Waals surface area contributed by atoms with Crippen molar-refractivity contribution in [2.45, 2.75) is 40.0 Å². The van der Waals surface area contributed by atoms with Crippen molar-refractivity contribution in [3.05, 3.63) is 29.3 Å². The van der Waals surface area contributed by atoms with Crippen LogP contribution in [0, 0.1) is 12.8 Å². The lowest BCUT2D eigenvalue weighted by atomic mass is 10.0. The number of likely N-dealkylation sites (tertiary alicyclic amines) is 1. The first kappa shape index (κ1) is 15.5. The summed E-state index contributed by atoms with van der Waals surface area (Å²) in [6.45, 7) is 7.47. The summed E-state index contributed by atoms with van der Waals surface area (Å²) >= 11 is 0. The third-order valence-electron chi connectivity index (χ3n) is 4.12. The molecule has 1 heterocycles. The number of carbonyl (C=O) groups is 2. The number of piperidine rings is 1.